The minimum atomic E-state index is -4.40. The van der Waals surface area contributed by atoms with E-state index in [-0.39, 0.29) is 35.9 Å². The van der Waals surface area contributed by atoms with Crippen LogP contribution < -0.4 is 5.32 Å². The van der Waals surface area contributed by atoms with E-state index >= 15 is 0 Å². The number of nitrogens with zero attached hydrogens (tertiary/aromatic N) is 2. The molecule has 9 heteroatoms. The van der Waals surface area contributed by atoms with Crippen LogP contribution in [0.2, 0.25) is 0 Å². The number of hydrogen-bond acceptors (Lipinski definition) is 4. The smallest absolute Gasteiger partial charge is 0.416 e. The molecule has 1 aliphatic rings. The average molecular weight is 606 g/mol. The molecule has 0 bridgehead atoms. The number of amides is 1. The Balaban J connectivity index is 1.29. The SMILES string of the molecule is CC(C)Cn1nc(C(=O)NC2CCC(C(=O)O[C@@H](C)c3ccccc3)CC2)c2c(Cc3ccc(C(F)(F)F)cc3)cccc21. The molecule has 0 radical (unpaired) electrons. The minimum Gasteiger partial charge on any atom is -0.458 e. The molecule has 44 heavy (non-hydrogen) atoms. The topological polar surface area (TPSA) is 73.2 Å². The zero-order chi connectivity index (χ0) is 31.4. The van der Waals surface area contributed by atoms with Gasteiger partial charge >= 0.3 is 12.1 Å². The molecule has 0 aliphatic heterocycles. The van der Waals surface area contributed by atoms with Crippen molar-refractivity contribution < 1.29 is 27.5 Å². The number of benzene rings is 3. The number of hydrogen-bond donors (Lipinski definition) is 1. The maximum atomic E-state index is 13.7. The van der Waals surface area contributed by atoms with E-state index in [0.717, 1.165) is 28.8 Å². The zero-order valence-corrected chi connectivity index (χ0v) is 25.2. The highest BCUT2D eigenvalue weighted by Gasteiger charge is 2.31. The standard InChI is InChI=1S/C35H38F3N3O3/c1-22(2)21-41-30-11-7-10-27(20-24-12-16-28(17-13-24)35(36,37)38)31(30)32(40-41)33(42)39-29-18-14-26(15-19-29)34(43)44-23(3)25-8-5-4-6-9-25/h4-13,16-17,22-23,26,29H,14-15,18-21H2,1-3H3,(H,39,42)/t23-,26?,29?/m0/s1. The fourth-order valence-electron chi connectivity index (χ4n) is 5.91. The molecule has 0 spiro atoms. The number of aromatic nitrogens is 2. The predicted molar refractivity (Wildman–Crippen MR) is 163 cm³/mol. The quantitative estimate of drug-likeness (QED) is 0.197. The highest BCUT2D eigenvalue weighted by molar-refractivity contribution is 6.06. The van der Waals surface area contributed by atoms with Gasteiger partial charge in [-0.2, -0.15) is 18.3 Å². The van der Waals surface area contributed by atoms with Crippen molar-refractivity contribution >= 4 is 22.8 Å². The molecule has 1 fully saturated rings. The lowest BCUT2D eigenvalue weighted by Crippen LogP contribution is -2.39. The van der Waals surface area contributed by atoms with Crippen molar-refractivity contribution in [3.05, 3.63) is 101 Å². The van der Waals surface area contributed by atoms with Gasteiger partial charge in [-0.3, -0.25) is 14.3 Å². The Morgan fingerprint density at radius 1 is 0.932 bits per heavy atom. The van der Waals surface area contributed by atoms with Crippen LogP contribution >= 0.6 is 0 Å². The summed E-state index contributed by atoms with van der Waals surface area (Å²) < 4.78 is 46.9. The molecule has 4 aromatic rings. The van der Waals surface area contributed by atoms with Crippen LogP contribution in [0.5, 0.6) is 0 Å². The number of nitrogens with one attached hydrogen (secondary N) is 1. The third-order valence-corrected chi connectivity index (χ3v) is 8.25. The molecule has 6 nitrogen and oxygen atoms in total. The molecule has 232 valence electrons. The molecule has 5 rings (SSSR count). The van der Waals surface area contributed by atoms with E-state index in [0.29, 0.717) is 55.3 Å². The number of carbonyl (C=O) groups is 2. The molecular weight excluding hydrogens is 567 g/mol. The van der Waals surface area contributed by atoms with Gasteiger partial charge in [-0.05, 0) is 79.8 Å². The molecule has 1 amide bonds. The van der Waals surface area contributed by atoms with E-state index < -0.39 is 11.7 Å². The van der Waals surface area contributed by atoms with Crippen LogP contribution in [0, 0.1) is 11.8 Å². The maximum Gasteiger partial charge on any atom is 0.416 e. The zero-order valence-electron chi connectivity index (χ0n) is 25.2. The van der Waals surface area contributed by atoms with Gasteiger partial charge in [0.25, 0.3) is 5.91 Å². The number of alkyl halides is 3. The molecule has 3 aromatic carbocycles. The van der Waals surface area contributed by atoms with Gasteiger partial charge in [-0.25, -0.2) is 0 Å². The van der Waals surface area contributed by atoms with Gasteiger partial charge in [-0.15, -0.1) is 0 Å². The Morgan fingerprint density at radius 2 is 1.61 bits per heavy atom. The fraction of sp³-hybridized carbons (Fsp3) is 0.400. The van der Waals surface area contributed by atoms with Crippen molar-refractivity contribution in [2.45, 2.75) is 77.7 Å². The summed E-state index contributed by atoms with van der Waals surface area (Å²) in [5, 5.41) is 8.58. The monoisotopic (exact) mass is 605 g/mol. The molecule has 1 saturated carbocycles. The van der Waals surface area contributed by atoms with Crippen molar-refractivity contribution in [2.75, 3.05) is 0 Å². The third-order valence-electron chi connectivity index (χ3n) is 8.25. The van der Waals surface area contributed by atoms with Crippen LogP contribution in [0.1, 0.15) is 85.3 Å². The highest BCUT2D eigenvalue weighted by Crippen LogP contribution is 2.32. The Morgan fingerprint density at radius 3 is 2.25 bits per heavy atom. The summed E-state index contributed by atoms with van der Waals surface area (Å²) in [5.41, 5.74) is 2.90. The number of ether oxygens (including phenoxy) is 1. The van der Waals surface area contributed by atoms with E-state index in [4.69, 9.17) is 9.84 Å². The minimum absolute atomic E-state index is 0.106. The van der Waals surface area contributed by atoms with Gasteiger partial charge in [0.2, 0.25) is 0 Å². The Hall–Kier alpha value is -4.14. The fourth-order valence-corrected chi connectivity index (χ4v) is 5.91. The number of carbonyl (C=O) groups excluding carboxylic acids is 2. The van der Waals surface area contributed by atoms with Gasteiger partial charge in [0, 0.05) is 18.0 Å². The van der Waals surface area contributed by atoms with Gasteiger partial charge in [0.15, 0.2) is 5.69 Å². The molecule has 0 saturated heterocycles. The van der Waals surface area contributed by atoms with Crippen molar-refractivity contribution in [1.82, 2.24) is 15.1 Å². The molecule has 1 N–H and O–H groups in total. The summed E-state index contributed by atoms with van der Waals surface area (Å²) in [6.07, 6.45) is -1.84. The molecule has 0 unspecified atom stereocenters. The Labute approximate surface area is 255 Å². The summed E-state index contributed by atoms with van der Waals surface area (Å²) in [4.78, 5) is 26.5. The number of esters is 1. The largest absolute Gasteiger partial charge is 0.458 e. The van der Waals surface area contributed by atoms with E-state index in [1.54, 1.807) is 0 Å². The normalized spacial score (nSPS) is 17.9. The van der Waals surface area contributed by atoms with Crippen LogP contribution in [0.3, 0.4) is 0 Å². The average Bonchev–Trinajstić information content (AvgIpc) is 3.36. The van der Waals surface area contributed by atoms with E-state index in [1.807, 2.05) is 60.1 Å². The van der Waals surface area contributed by atoms with Crippen LogP contribution in [-0.2, 0) is 28.7 Å². The first-order chi connectivity index (χ1) is 21.0. The first-order valence-electron chi connectivity index (χ1n) is 15.2. The highest BCUT2D eigenvalue weighted by atomic mass is 19.4. The summed E-state index contributed by atoms with van der Waals surface area (Å²) in [5.74, 6) is -0.429. The second-order valence-corrected chi connectivity index (χ2v) is 12.1. The van der Waals surface area contributed by atoms with Gasteiger partial charge in [-0.1, -0.05) is 68.4 Å². The molecule has 1 atom stereocenters. The first-order valence-corrected chi connectivity index (χ1v) is 15.2. The number of rotatable bonds is 9. The van der Waals surface area contributed by atoms with Gasteiger partial charge < -0.3 is 10.1 Å². The van der Waals surface area contributed by atoms with E-state index in [2.05, 4.69) is 19.2 Å². The lowest BCUT2D eigenvalue weighted by molar-refractivity contribution is -0.154. The second-order valence-electron chi connectivity index (χ2n) is 12.1. The Kier molecular flexibility index (Phi) is 9.42. The van der Waals surface area contributed by atoms with Crippen LogP contribution in [0.25, 0.3) is 10.9 Å². The van der Waals surface area contributed by atoms with Crippen LogP contribution in [-0.4, -0.2) is 27.7 Å². The van der Waals surface area contributed by atoms with E-state index in [1.165, 1.54) is 12.1 Å². The van der Waals surface area contributed by atoms with Crippen LogP contribution in [0.15, 0.2) is 72.8 Å². The third kappa shape index (κ3) is 7.31. The van der Waals surface area contributed by atoms with Crippen molar-refractivity contribution in [1.29, 1.82) is 0 Å². The van der Waals surface area contributed by atoms with Crippen LogP contribution in [0.4, 0.5) is 13.2 Å². The van der Waals surface area contributed by atoms with E-state index in [9.17, 15) is 22.8 Å². The number of fused-ring (bicyclic) bond motifs is 1. The van der Waals surface area contributed by atoms with Crippen molar-refractivity contribution in [3.8, 4) is 0 Å². The lowest BCUT2D eigenvalue weighted by atomic mass is 9.86. The van der Waals surface area contributed by atoms with Crippen molar-refractivity contribution in [2.24, 2.45) is 11.8 Å². The van der Waals surface area contributed by atoms with Gasteiger partial charge in [0.1, 0.15) is 6.10 Å². The first kappa shape index (κ1) is 31.3. The molecular formula is C35H38F3N3O3. The second kappa shape index (κ2) is 13.2. The lowest BCUT2D eigenvalue weighted by Gasteiger charge is -2.28. The van der Waals surface area contributed by atoms with Crippen molar-refractivity contribution in [3.63, 3.8) is 0 Å². The molecule has 1 aliphatic carbocycles. The summed E-state index contributed by atoms with van der Waals surface area (Å²) >= 11 is 0. The predicted octanol–water partition coefficient (Wildman–Crippen LogP) is 7.89. The molecule has 1 heterocycles. The maximum absolute atomic E-state index is 13.7. The summed E-state index contributed by atoms with van der Waals surface area (Å²) in [7, 11) is 0. The summed E-state index contributed by atoms with van der Waals surface area (Å²) in [6.45, 7) is 6.63. The Bertz CT molecular complexity index is 1590. The number of halogens is 3. The van der Waals surface area contributed by atoms with Gasteiger partial charge in [0.05, 0.1) is 17.0 Å². The molecule has 1 aromatic heterocycles. The summed E-state index contributed by atoms with van der Waals surface area (Å²) in [6, 6.07) is 20.3.